The van der Waals surface area contributed by atoms with E-state index < -0.39 is 10.0 Å². The molecule has 0 saturated carbocycles. The first kappa shape index (κ1) is 15.0. The molecular weight excluding hydrogens is 302 g/mol. The summed E-state index contributed by atoms with van der Waals surface area (Å²) in [6, 6.07) is 3.91. The number of sulfonamides is 1. The van der Waals surface area contributed by atoms with E-state index in [4.69, 9.17) is 16.7 Å². The monoisotopic (exact) mass is 315 g/mol. The van der Waals surface area contributed by atoms with Crippen LogP contribution < -0.4 is 15.8 Å². The van der Waals surface area contributed by atoms with Gasteiger partial charge in [0.05, 0.1) is 15.6 Å². The molecule has 1 amide bonds. The van der Waals surface area contributed by atoms with Crippen LogP contribution in [0.1, 0.15) is 6.92 Å². The smallest absolute Gasteiger partial charge is 0.251 e. The number of primary sulfonamides is 1. The number of carbonyl (C=O) groups excluding carboxylic acids is 1. The van der Waals surface area contributed by atoms with Crippen LogP contribution in [0.3, 0.4) is 0 Å². The highest BCUT2D eigenvalue weighted by molar-refractivity contribution is 7.89. The van der Waals surface area contributed by atoms with Gasteiger partial charge in [-0.3, -0.25) is 4.79 Å². The molecule has 8 heteroatoms. The van der Waals surface area contributed by atoms with Crippen LogP contribution in [0.4, 0.5) is 5.69 Å². The molecule has 1 aliphatic heterocycles. The van der Waals surface area contributed by atoms with Gasteiger partial charge in [-0.25, -0.2) is 13.6 Å². The number of hydrogen-bond acceptors (Lipinski definition) is 4. The first-order valence-electron chi connectivity index (χ1n) is 5.82. The second-order valence-electron chi connectivity index (χ2n) is 4.47. The van der Waals surface area contributed by atoms with Crippen molar-refractivity contribution in [2.75, 3.05) is 18.4 Å². The molecule has 0 aromatic heterocycles. The SMILES string of the molecule is CC(C(=O)Nc1cc(S(N)(=O)=O)ccc1Cl)=C1CNC1. The van der Waals surface area contributed by atoms with Crippen LogP contribution in [0, 0.1) is 0 Å². The van der Waals surface area contributed by atoms with Crippen molar-refractivity contribution in [3.05, 3.63) is 34.4 Å². The Morgan fingerprint density at radius 3 is 2.55 bits per heavy atom. The van der Waals surface area contributed by atoms with Gasteiger partial charge in [0.25, 0.3) is 5.91 Å². The number of anilines is 1. The van der Waals surface area contributed by atoms with Gasteiger partial charge >= 0.3 is 0 Å². The molecule has 0 bridgehead atoms. The van der Waals surface area contributed by atoms with Crippen molar-refractivity contribution in [3.8, 4) is 0 Å². The fraction of sp³-hybridized carbons (Fsp3) is 0.250. The number of hydrogen-bond donors (Lipinski definition) is 3. The Kier molecular flexibility index (Phi) is 4.14. The van der Waals surface area contributed by atoms with Crippen molar-refractivity contribution in [1.82, 2.24) is 5.32 Å². The lowest BCUT2D eigenvalue weighted by atomic mass is 10.0. The predicted octanol–water partition coefficient (Wildman–Crippen LogP) is 0.846. The van der Waals surface area contributed by atoms with E-state index in [1.807, 2.05) is 0 Å². The van der Waals surface area contributed by atoms with Crippen molar-refractivity contribution in [2.45, 2.75) is 11.8 Å². The van der Waals surface area contributed by atoms with Gasteiger partial charge < -0.3 is 10.6 Å². The summed E-state index contributed by atoms with van der Waals surface area (Å²) in [6.45, 7) is 3.08. The Hall–Kier alpha value is -1.41. The molecule has 6 nitrogen and oxygen atoms in total. The summed E-state index contributed by atoms with van der Waals surface area (Å²) in [4.78, 5) is 11.9. The molecule has 0 aliphatic carbocycles. The molecule has 0 atom stereocenters. The Bertz CT molecular complexity index is 692. The summed E-state index contributed by atoms with van der Waals surface area (Å²) in [6.07, 6.45) is 0. The van der Waals surface area contributed by atoms with E-state index in [1.54, 1.807) is 6.92 Å². The standard InChI is InChI=1S/C12H14ClN3O3S/c1-7(8-5-15-6-8)12(17)16-11-4-9(20(14,18)19)2-3-10(11)13/h2-4,15H,5-6H2,1H3,(H,16,17)(H2,14,18,19). The first-order chi connectivity index (χ1) is 9.29. The fourth-order valence-electron chi connectivity index (χ4n) is 1.67. The Morgan fingerprint density at radius 1 is 1.40 bits per heavy atom. The molecule has 1 saturated heterocycles. The summed E-state index contributed by atoms with van der Waals surface area (Å²) < 4.78 is 22.6. The van der Waals surface area contributed by atoms with Crippen LogP contribution in [0.2, 0.25) is 5.02 Å². The molecule has 1 aromatic rings. The maximum atomic E-state index is 12.0. The number of carbonyl (C=O) groups is 1. The molecule has 0 radical (unpaired) electrons. The van der Waals surface area contributed by atoms with Gasteiger partial charge in [0.2, 0.25) is 10.0 Å². The van der Waals surface area contributed by atoms with Gasteiger partial charge in [0.1, 0.15) is 0 Å². The van der Waals surface area contributed by atoms with Gasteiger partial charge in [0.15, 0.2) is 0 Å². The molecule has 1 aliphatic rings. The summed E-state index contributed by atoms with van der Waals surface area (Å²) in [7, 11) is -3.84. The average molecular weight is 316 g/mol. The number of nitrogens with two attached hydrogens (primary N) is 1. The lowest BCUT2D eigenvalue weighted by Crippen LogP contribution is -2.36. The Labute approximate surface area is 122 Å². The summed E-state index contributed by atoms with van der Waals surface area (Å²) in [5.41, 5.74) is 1.83. The molecule has 1 heterocycles. The number of benzene rings is 1. The van der Waals surface area contributed by atoms with Crippen molar-refractivity contribution in [1.29, 1.82) is 0 Å². The molecular formula is C12H14ClN3O3S. The Balaban J connectivity index is 2.27. The number of halogens is 1. The third kappa shape index (κ3) is 3.18. The van der Waals surface area contributed by atoms with Crippen molar-refractivity contribution in [2.24, 2.45) is 5.14 Å². The van der Waals surface area contributed by atoms with E-state index in [0.717, 1.165) is 5.57 Å². The van der Waals surface area contributed by atoms with E-state index in [2.05, 4.69) is 10.6 Å². The van der Waals surface area contributed by atoms with Gasteiger partial charge in [-0.05, 0) is 30.7 Å². The summed E-state index contributed by atoms with van der Waals surface area (Å²) >= 11 is 5.94. The first-order valence-corrected chi connectivity index (χ1v) is 7.74. The quantitative estimate of drug-likeness (QED) is 0.720. The van der Waals surface area contributed by atoms with Crippen molar-refractivity contribution < 1.29 is 13.2 Å². The lowest BCUT2D eigenvalue weighted by molar-refractivity contribution is -0.112. The van der Waals surface area contributed by atoms with Gasteiger partial charge in [0, 0.05) is 18.7 Å². The van der Waals surface area contributed by atoms with Gasteiger partial charge in [-0.1, -0.05) is 11.6 Å². The second-order valence-corrected chi connectivity index (χ2v) is 6.44. The topological polar surface area (TPSA) is 101 Å². The van der Waals surface area contributed by atoms with Crippen molar-refractivity contribution in [3.63, 3.8) is 0 Å². The summed E-state index contributed by atoms with van der Waals surface area (Å²) in [5.74, 6) is -0.310. The highest BCUT2D eigenvalue weighted by Crippen LogP contribution is 2.25. The normalized spacial score (nSPS) is 14.7. The lowest BCUT2D eigenvalue weighted by Gasteiger charge is -2.21. The third-order valence-electron chi connectivity index (χ3n) is 3.06. The Morgan fingerprint density at radius 2 is 2.05 bits per heavy atom. The number of nitrogens with one attached hydrogen (secondary N) is 2. The fourth-order valence-corrected chi connectivity index (χ4v) is 2.37. The van der Waals surface area contributed by atoms with Crippen LogP contribution in [0.5, 0.6) is 0 Å². The molecule has 2 rings (SSSR count). The largest absolute Gasteiger partial charge is 0.321 e. The number of amides is 1. The van der Waals surface area contributed by atoms with Crippen LogP contribution in [-0.2, 0) is 14.8 Å². The van der Waals surface area contributed by atoms with Gasteiger partial charge in [-0.15, -0.1) is 0 Å². The molecule has 0 spiro atoms. The maximum Gasteiger partial charge on any atom is 0.251 e. The highest BCUT2D eigenvalue weighted by Gasteiger charge is 2.18. The van der Waals surface area contributed by atoms with Crippen LogP contribution >= 0.6 is 11.6 Å². The third-order valence-corrected chi connectivity index (χ3v) is 4.30. The van der Waals surface area contributed by atoms with E-state index in [-0.39, 0.29) is 21.5 Å². The average Bonchev–Trinajstić information content (AvgIpc) is 2.28. The zero-order valence-electron chi connectivity index (χ0n) is 10.7. The molecule has 20 heavy (non-hydrogen) atoms. The molecule has 1 aromatic carbocycles. The van der Waals surface area contributed by atoms with Gasteiger partial charge in [-0.2, -0.15) is 0 Å². The van der Waals surface area contributed by atoms with E-state index in [9.17, 15) is 13.2 Å². The zero-order valence-corrected chi connectivity index (χ0v) is 12.3. The predicted molar refractivity (Wildman–Crippen MR) is 77.0 cm³/mol. The van der Waals surface area contributed by atoms with Crippen LogP contribution in [0.15, 0.2) is 34.2 Å². The van der Waals surface area contributed by atoms with Crippen LogP contribution in [0.25, 0.3) is 0 Å². The minimum absolute atomic E-state index is 0.104. The second kappa shape index (κ2) is 5.53. The number of rotatable bonds is 3. The molecule has 1 fully saturated rings. The van der Waals surface area contributed by atoms with E-state index >= 15 is 0 Å². The highest BCUT2D eigenvalue weighted by atomic mass is 35.5. The molecule has 0 unspecified atom stereocenters. The molecule has 4 N–H and O–H groups in total. The molecule has 108 valence electrons. The zero-order chi connectivity index (χ0) is 14.9. The van der Waals surface area contributed by atoms with E-state index in [1.165, 1.54) is 18.2 Å². The summed E-state index contributed by atoms with van der Waals surface area (Å²) in [5, 5.41) is 10.9. The minimum Gasteiger partial charge on any atom is -0.321 e. The van der Waals surface area contributed by atoms with Crippen molar-refractivity contribution >= 4 is 33.2 Å². The van der Waals surface area contributed by atoms with Crippen LogP contribution in [-0.4, -0.2) is 27.4 Å². The minimum atomic E-state index is -3.84. The maximum absolute atomic E-state index is 12.0. The van der Waals surface area contributed by atoms with E-state index in [0.29, 0.717) is 18.7 Å².